The van der Waals surface area contributed by atoms with E-state index in [4.69, 9.17) is 10.00 Å². The summed E-state index contributed by atoms with van der Waals surface area (Å²) >= 11 is 0. The molecule has 0 aromatic heterocycles. The number of nitrogens with zero attached hydrogens (tertiary/aromatic N) is 1. The molecule has 1 amide bonds. The van der Waals surface area contributed by atoms with Gasteiger partial charge in [0, 0.05) is 12.1 Å². The molecule has 0 saturated heterocycles. The maximum absolute atomic E-state index is 13.6. The number of amides is 1. The van der Waals surface area contributed by atoms with Gasteiger partial charge in [-0.05, 0) is 18.6 Å². The molecule has 0 heterocycles. The van der Waals surface area contributed by atoms with E-state index < -0.39 is 11.7 Å². The first-order chi connectivity index (χ1) is 8.62. The van der Waals surface area contributed by atoms with Gasteiger partial charge >= 0.3 is 0 Å². The number of nitrogens with one attached hydrogen (secondary N) is 1. The van der Waals surface area contributed by atoms with Gasteiger partial charge in [-0.25, -0.2) is 4.39 Å². The molecule has 96 valence electrons. The van der Waals surface area contributed by atoms with Crippen LogP contribution >= 0.6 is 0 Å². The molecule has 1 aromatic rings. The summed E-state index contributed by atoms with van der Waals surface area (Å²) in [7, 11) is 1.43. The Hall–Kier alpha value is -2.09. The lowest BCUT2D eigenvalue weighted by Crippen LogP contribution is -2.34. The Morgan fingerprint density at radius 1 is 1.61 bits per heavy atom. The zero-order chi connectivity index (χ0) is 13.5. The maximum atomic E-state index is 13.6. The molecule has 0 aliphatic heterocycles. The van der Waals surface area contributed by atoms with Gasteiger partial charge in [-0.2, -0.15) is 5.26 Å². The fourth-order valence-electron chi connectivity index (χ4n) is 1.48. The molecule has 1 N–H and O–H groups in total. The van der Waals surface area contributed by atoms with Crippen LogP contribution in [-0.2, 0) is 0 Å². The molecule has 1 atom stereocenters. The molecule has 1 aromatic carbocycles. The minimum Gasteiger partial charge on any atom is -0.497 e. The van der Waals surface area contributed by atoms with E-state index in [0.717, 1.165) is 6.07 Å². The highest BCUT2D eigenvalue weighted by Gasteiger charge is 2.15. The standard InChI is InChI=1S/C13H15FN2O2/c1-3-9(6-7-15)16-13(17)11-5-4-10(18-2)8-12(11)14/h4-5,8-9H,3,6H2,1-2H3,(H,16,17). The fraction of sp³-hybridized carbons (Fsp3) is 0.385. The Bertz CT molecular complexity index is 469. The molecule has 1 rings (SSSR count). The summed E-state index contributed by atoms with van der Waals surface area (Å²) in [6, 6.07) is 5.75. The number of halogens is 1. The molecule has 0 bridgehead atoms. The molecule has 18 heavy (non-hydrogen) atoms. The summed E-state index contributed by atoms with van der Waals surface area (Å²) in [6.45, 7) is 1.85. The van der Waals surface area contributed by atoms with E-state index in [9.17, 15) is 9.18 Å². The third-order valence-corrected chi connectivity index (χ3v) is 2.59. The Morgan fingerprint density at radius 3 is 2.83 bits per heavy atom. The van der Waals surface area contributed by atoms with E-state index in [2.05, 4.69) is 5.32 Å². The molecule has 0 radical (unpaired) electrons. The topological polar surface area (TPSA) is 62.1 Å². The molecular weight excluding hydrogens is 235 g/mol. The lowest BCUT2D eigenvalue weighted by Gasteiger charge is -2.14. The van der Waals surface area contributed by atoms with Crippen LogP contribution in [0, 0.1) is 17.1 Å². The monoisotopic (exact) mass is 250 g/mol. The number of benzene rings is 1. The number of ether oxygens (including phenoxy) is 1. The minimum absolute atomic E-state index is 0.0489. The van der Waals surface area contributed by atoms with E-state index >= 15 is 0 Å². The molecule has 0 spiro atoms. The fourth-order valence-corrected chi connectivity index (χ4v) is 1.48. The Balaban J connectivity index is 2.81. The van der Waals surface area contributed by atoms with Crippen LogP contribution in [0.1, 0.15) is 30.1 Å². The zero-order valence-electron chi connectivity index (χ0n) is 10.4. The molecular formula is C13H15FN2O2. The van der Waals surface area contributed by atoms with Crippen molar-refractivity contribution in [3.63, 3.8) is 0 Å². The van der Waals surface area contributed by atoms with Crippen molar-refractivity contribution in [3.8, 4) is 11.8 Å². The first-order valence-electron chi connectivity index (χ1n) is 5.63. The third-order valence-electron chi connectivity index (χ3n) is 2.59. The second-order valence-electron chi connectivity index (χ2n) is 3.79. The Kier molecular flexibility index (Phi) is 5.12. The van der Waals surface area contributed by atoms with Gasteiger partial charge in [0.2, 0.25) is 0 Å². The smallest absolute Gasteiger partial charge is 0.254 e. The van der Waals surface area contributed by atoms with Crippen LogP contribution in [0.15, 0.2) is 18.2 Å². The molecule has 1 unspecified atom stereocenters. The van der Waals surface area contributed by atoms with Gasteiger partial charge in [-0.3, -0.25) is 4.79 Å². The van der Waals surface area contributed by atoms with Crippen molar-refractivity contribution < 1.29 is 13.9 Å². The van der Waals surface area contributed by atoms with Gasteiger partial charge in [-0.15, -0.1) is 0 Å². The van der Waals surface area contributed by atoms with Crippen molar-refractivity contribution in [2.75, 3.05) is 7.11 Å². The number of hydrogen-bond donors (Lipinski definition) is 1. The number of rotatable bonds is 5. The number of methoxy groups -OCH3 is 1. The van der Waals surface area contributed by atoms with Crippen LogP contribution in [0.3, 0.4) is 0 Å². The van der Waals surface area contributed by atoms with Crippen molar-refractivity contribution in [1.82, 2.24) is 5.32 Å². The van der Waals surface area contributed by atoms with Crippen molar-refractivity contribution in [1.29, 1.82) is 5.26 Å². The number of hydrogen-bond acceptors (Lipinski definition) is 3. The van der Waals surface area contributed by atoms with Gasteiger partial charge in [-0.1, -0.05) is 6.92 Å². The second-order valence-corrected chi connectivity index (χ2v) is 3.79. The van der Waals surface area contributed by atoms with Crippen LogP contribution in [-0.4, -0.2) is 19.1 Å². The summed E-state index contributed by atoms with van der Waals surface area (Å²) in [6.07, 6.45) is 0.830. The molecule has 4 nitrogen and oxygen atoms in total. The number of nitriles is 1. The van der Waals surface area contributed by atoms with Crippen molar-refractivity contribution in [3.05, 3.63) is 29.6 Å². The highest BCUT2D eigenvalue weighted by molar-refractivity contribution is 5.94. The molecule has 5 heteroatoms. The van der Waals surface area contributed by atoms with E-state index in [-0.39, 0.29) is 18.0 Å². The van der Waals surface area contributed by atoms with Gasteiger partial charge < -0.3 is 10.1 Å². The van der Waals surface area contributed by atoms with Crippen LogP contribution in [0.4, 0.5) is 4.39 Å². The molecule has 0 aliphatic carbocycles. The third kappa shape index (κ3) is 3.45. The molecule has 0 saturated carbocycles. The molecule has 0 fully saturated rings. The van der Waals surface area contributed by atoms with E-state index in [0.29, 0.717) is 12.2 Å². The summed E-state index contributed by atoms with van der Waals surface area (Å²) in [5.41, 5.74) is -0.0489. The largest absolute Gasteiger partial charge is 0.497 e. The zero-order valence-corrected chi connectivity index (χ0v) is 10.4. The second kappa shape index (κ2) is 6.60. The van der Waals surface area contributed by atoms with Gasteiger partial charge in [0.05, 0.1) is 25.2 Å². The van der Waals surface area contributed by atoms with Gasteiger partial charge in [0.1, 0.15) is 11.6 Å². The van der Waals surface area contributed by atoms with Crippen molar-refractivity contribution in [2.24, 2.45) is 0 Å². The normalized spacial score (nSPS) is 11.4. The van der Waals surface area contributed by atoms with E-state index in [1.165, 1.54) is 19.2 Å². The highest BCUT2D eigenvalue weighted by atomic mass is 19.1. The number of carbonyl (C=O) groups is 1. The summed E-state index contributed by atoms with van der Waals surface area (Å²) < 4.78 is 18.5. The Labute approximate surface area is 105 Å². The van der Waals surface area contributed by atoms with Gasteiger partial charge in [0.25, 0.3) is 5.91 Å². The quantitative estimate of drug-likeness (QED) is 0.871. The summed E-state index contributed by atoms with van der Waals surface area (Å²) in [4.78, 5) is 11.8. The van der Waals surface area contributed by atoms with Crippen molar-refractivity contribution >= 4 is 5.91 Å². The van der Waals surface area contributed by atoms with Crippen LogP contribution in [0.2, 0.25) is 0 Å². The van der Waals surface area contributed by atoms with Crippen LogP contribution in [0.25, 0.3) is 0 Å². The summed E-state index contributed by atoms with van der Waals surface area (Å²) in [5.74, 6) is -0.802. The average molecular weight is 250 g/mol. The predicted molar refractivity (Wildman–Crippen MR) is 64.7 cm³/mol. The van der Waals surface area contributed by atoms with E-state index in [1.807, 2.05) is 13.0 Å². The Morgan fingerprint density at radius 2 is 2.33 bits per heavy atom. The van der Waals surface area contributed by atoms with Crippen LogP contribution in [0.5, 0.6) is 5.75 Å². The first kappa shape index (κ1) is 14.0. The maximum Gasteiger partial charge on any atom is 0.254 e. The summed E-state index contributed by atoms with van der Waals surface area (Å²) in [5, 5.41) is 11.2. The highest BCUT2D eigenvalue weighted by Crippen LogP contribution is 2.16. The lowest BCUT2D eigenvalue weighted by molar-refractivity contribution is 0.0932. The average Bonchev–Trinajstić information content (AvgIpc) is 2.37. The predicted octanol–water partition coefficient (Wildman–Crippen LogP) is 2.26. The van der Waals surface area contributed by atoms with Gasteiger partial charge in [0.15, 0.2) is 0 Å². The van der Waals surface area contributed by atoms with E-state index in [1.54, 1.807) is 0 Å². The SMILES string of the molecule is CCC(CC#N)NC(=O)c1ccc(OC)cc1F. The van der Waals surface area contributed by atoms with Crippen molar-refractivity contribution in [2.45, 2.75) is 25.8 Å². The first-order valence-corrected chi connectivity index (χ1v) is 5.63. The lowest BCUT2D eigenvalue weighted by atomic mass is 10.1. The minimum atomic E-state index is -0.640. The number of carbonyl (C=O) groups excluding carboxylic acids is 1. The molecule has 0 aliphatic rings. The van der Waals surface area contributed by atoms with Crippen LogP contribution < -0.4 is 10.1 Å².